The van der Waals surface area contributed by atoms with Gasteiger partial charge in [0.1, 0.15) is 11.5 Å². The van der Waals surface area contributed by atoms with E-state index in [1.807, 2.05) is 24.3 Å². The number of anilines is 2. The fraction of sp³-hybridized carbons (Fsp3) is 0.320. The standard InChI is InChI=1S/C25H26N4O3/c30-24-13-20(29-6-8-31-9-7-29)12-22(28-24)21-3-1-2-16-10-17-11-18(27-19-14-26-15-19)4-5-23(17)32-25(16)21/h1-5,11-13,19,26-27H,6-10,14-15H2,(H,28,30). The van der Waals surface area contributed by atoms with Crippen molar-refractivity contribution in [2.45, 2.75) is 12.5 Å². The number of aromatic amines is 1. The van der Waals surface area contributed by atoms with E-state index in [9.17, 15) is 4.79 Å². The van der Waals surface area contributed by atoms with Crippen LogP contribution in [0.3, 0.4) is 0 Å². The molecule has 0 saturated carbocycles. The predicted molar refractivity (Wildman–Crippen MR) is 125 cm³/mol. The number of nitrogens with one attached hydrogen (secondary N) is 3. The number of hydrogen-bond acceptors (Lipinski definition) is 6. The SMILES string of the molecule is O=c1cc(N2CCOCC2)cc(-c2cccc3c2Oc2ccc(NC4CNC4)cc2C3)[nH]1. The summed E-state index contributed by atoms with van der Waals surface area (Å²) in [7, 11) is 0. The molecule has 0 radical (unpaired) electrons. The predicted octanol–water partition coefficient (Wildman–Crippen LogP) is 2.96. The first-order valence-electron chi connectivity index (χ1n) is 11.2. The Morgan fingerprint density at radius 1 is 1.00 bits per heavy atom. The van der Waals surface area contributed by atoms with Crippen molar-refractivity contribution in [3.05, 3.63) is 70.0 Å². The Morgan fingerprint density at radius 3 is 2.69 bits per heavy atom. The van der Waals surface area contributed by atoms with E-state index in [4.69, 9.17) is 9.47 Å². The van der Waals surface area contributed by atoms with Crippen LogP contribution in [0, 0.1) is 0 Å². The van der Waals surface area contributed by atoms with Gasteiger partial charge in [0.05, 0.1) is 24.9 Å². The summed E-state index contributed by atoms with van der Waals surface area (Å²) in [5, 5.41) is 6.85. The van der Waals surface area contributed by atoms with Crippen molar-refractivity contribution in [2.75, 3.05) is 49.6 Å². The van der Waals surface area contributed by atoms with Crippen molar-refractivity contribution in [3.63, 3.8) is 0 Å². The van der Waals surface area contributed by atoms with E-state index in [-0.39, 0.29) is 5.56 Å². The zero-order valence-corrected chi connectivity index (χ0v) is 17.8. The summed E-state index contributed by atoms with van der Waals surface area (Å²) < 4.78 is 11.9. The first kappa shape index (κ1) is 19.4. The van der Waals surface area contributed by atoms with Crippen LogP contribution in [0.2, 0.25) is 0 Å². The highest BCUT2D eigenvalue weighted by Gasteiger charge is 2.23. The number of ether oxygens (including phenoxy) is 2. The lowest BCUT2D eigenvalue weighted by Gasteiger charge is -2.30. The lowest BCUT2D eigenvalue weighted by molar-refractivity contribution is 0.122. The van der Waals surface area contributed by atoms with Crippen LogP contribution in [-0.2, 0) is 11.2 Å². The van der Waals surface area contributed by atoms with Gasteiger partial charge in [-0.3, -0.25) is 4.79 Å². The summed E-state index contributed by atoms with van der Waals surface area (Å²) >= 11 is 0. The molecule has 164 valence electrons. The van der Waals surface area contributed by atoms with E-state index in [1.165, 1.54) is 5.56 Å². The highest BCUT2D eigenvalue weighted by Crippen LogP contribution is 2.43. The zero-order valence-electron chi connectivity index (χ0n) is 17.8. The van der Waals surface area contributed by atoms with Gasteiger partial charge in [-0.15, -0.1) is 0 Å². The maximum Gasteiger partial charge on any atom is 0.250 e. The molecule has 3 N–H and O–H groups in total. The van der Waals surface area contributed by atoms with Crippen molar-refractivity contribution in [3.8, 4) is 22.8 Å². The summed E-state index contributed by atoms with van der Waals surface area (Å²) in [5.41, 5.74) is 5.90. The summed E-state index contributed by atoms with van der Waals surface area (Å²) in [6, 6.07) is 16.6. The number of H-pyrrole nitrogens is 1. The van der Waals surface area contributed by atoms with Crippen LogP contribution in [0.5, 0.6) is 11.5 Å². The molecule has 6 rings (SSSR count). The average Bonchev–Trinajstić information content (AvgIpc) is 2.80. The van der Waals surface area contributed by atoms with Gasteiger partial charge >= 0.3 is 0 Å². The number of para-hydroxylation sites is 1. The third kappa shape index (κ3) is 3.63. The van der Waals surface area contributed by atoms with Gasteiger partial charge in [-0.25, -0.2) is 0 Å². The molecule has 0 atom stereocenters. The number of hydrogen-bond donors (Lipinski definition) is 3. The molecule has 3 aliphatic heterocycles. The first-order chi connectivity index (χ1) is 15.7. The maximum atomic E-state index is 12.5. The number of rotatable bonds is 4. The second-order valence-electron chi connectivity index (χ2n) is 8.61. The molecule has 0 amide bonds. The van der Waals surface area contributed by atoms with E-state index in [2.05, 4.69) is 38.7 Å². The van der Waals surface area contributed by atoms with E-state index in [0.717, 1.165) is 72.3 Å². The Morgan fingerprint density at radius 2 is 1.88 bits per heavy atom. The second kappa shape index (κ2) is 8.00. The maximum absolute atomic E-state index is 12.5. The van der Waals surface area contributed by atoms with Gasteiger partial charge in [-0.2, -0.15) is 0 Å². The third-order valence-corrected chi connectivity index (χ3v) is 6.40. The molecule has 0 bridgehead atoms. The summed E-state index contributed by atoms with van der Waals surface area (Å²) in [4.78, 5) is 17.7. The first-order valence-corrected chi connectivity index (χ1v) is 11.2. The largest absolute Gasteiger partial charge is 0.456 e. The zero-order chi connectivity index (χ0) is 21.5. The Hall–Kier alpha value is -3.29. The molecule has 3 aromatic rings. The van der Waals surface area contributed by atoms with Crippen LogP contribution >= 0.6 is 0 Å². The minimum atomic E-state index is -0.112. The molecule has 3 aliphatic rings. The topological polar surface area (TPSA) is 78.6 Å². The van der Waals surface area contributed by atoms with Crippen molar-refractivity contribution in [1.29, 1.82) is 0 Å². The van der Waals surface area contributed by atoms with Crippen molar-refractivity contribution < 1.29 is 9.47 Å². The van der Waals surface area contributed by atoms with Crippen molar-refractivity contribution in [2.24, 2.45) is 0 Å². The Bertz CT molecular complexity index is 1210. The summed E-state index contributed by atoms with van der Waals surface area (Å²) in [5.74, 6) is 1.69. The van der Waals surface area contributed by atoms with Crippen LogP contribution in [0.15, 0.2) is 53.3 Å². The molecule has 2 fully saturated rings. The van der Waals surface area contributed by atoms with Gasteiger partial charge in [-0.1, -0.05) is 12.1 Å². The molecule has 7 heteroatoms. The van der Waals surface area contributed by atoms with Crippen molar-refractivity contribution in [1.82, 2.24) is 10.3 Å². The van der Waals surface area contributed by atoms with Gasteiger partial charge in [0, 0.05) is 61.2 Å². The van der Waals surface area contributed by atoms with Gasteiger partial charge < -0.3 is 30.0 Å². The number of benzene rings is 2. The van der Waals surface area contributed by atoms with Crippen LogP contribution in [0.25, 0.3) is 11.3 Å². The minimum Gasteiger partial charge on any atom is -0.456 e. The molecular formula is C25H26N4O3. The number of pyridine rings is 1. The fourth-order valence-corrected chi connectivity index (χ4v) is 4.58. The van der Waals surface area contributed by atoms with E-state index in [0.29, 0.717) is 19.3 Å². The summed E-state index contributed by atoms with van der Waals surface area (Å²) in [6.45, 7) is 4.93. The number of morpholine rings is 1. The molecule has 0 aliphatic carbocycles. The second-order valence-corrected chi connectivity index (χ2v) is 8.61. The van der Waals surface area contributed by atoms with Crippen molar-refractivity contribution >= 4 is 11.4 Å². The number of aromatic nitrogens is 1. The van der Waals surface area contributed by atoms with Crippen LogP contribution in [0.1, 0.15) is 11.1 Å². The summed E-state index contributed by atoms with van der Waals surface area (Å²) in [6.07, 6.45) is 0.796. The molecule has 32 heavy (non-hydrogen) atoms. The van der Waals surface area contributed by atoms with Gasteiger partial charge in [0.15, 0.2) is 0 Å². The van der Waals surface area contributed by atoms with Crippen LogP contribution < -0.4 is 25.8 Å². The molecule has 1 aromatic heterocycles. The number of nitrogens with zero attached hydrogens (tertiary/aromatic N) is 1. The van der Waals surface area contributed by atoms with E-state index >= 15 is 0 Å². The molecule has 2 aromatic carbocycles. The molecule has 0 spiro atoms. The van der Waals surface area contributed by atoms with Gasteiger partial charge in [0.25, 0.3) is 0 Å². The van der Waals surface area contributed by atoms with E-state index in [1.54, 1.807) is 6.07 Å². The Balaban J connectivity index is 1.33. The molecule has 7 nitrogen and oxygen atoms in total. The quantitative estimate of drug-likeness (QED) is 0.462. The Kier molecular flexibility index (Phi) is 4.85. The van der Waals surface area contributed by atoms with Crippen LogP contribution in [0.4, 0.5) is 11.4 Å². The normalized spacial score (nSPS) is 17.7. The van der Waals surface area contributed by atoms with E-state index < -0.39 is 0 Å². The number of fused-ring (bicyclic) bond motifs is 2. The third-order valence-electron chi connectivity index (χ3n) is 6.40. The molecule has 4 heterocycles. The smallest absolute Gasteiger partial charge is 0.250 e. The monoisotopic (exact) mass is 430 g/mol. The van der Waals surface area contributed by atoms with Gasteiger partial charge in [0.2, 0.25) is 5.56 Å². The van der Waals surface area contributed by atoms with Crippen LogP contribution in [-0.4, -0.2) is 50.4 Å². The van der Waals surface area contributed by atoms with Gasteiger partial charge in [-0.05, 0) is 35.9 Å². The average molecular weight is 431 g/mol. The lowest BCUT2D eigenvalue weighted by Crippen LogP contribution is -2.51. The molecular weight excluding hydrogens is 404 g/mol. The minimum absolute atomic E-state index is 0.112. The molecule has 2 saturated heterocycles. The fourth-order valence-electron chi connectivity index (χ4n) is 4.58. The highest BCUT2D eigenvalue weighted by atomic mass is 16.5. The highest BCUT2D eigenvalue weighted by molar-refractivity contribution is 5.74. The Labute approximate surface area is 186 Å². The lowest BCUT2D eigenvalue weighted by atomic mass is 9.96. The molecule has 0 unspecified atom stereocenters.